The summed E-state index contributed by atoms with van der Waals surface area (Å²) >= 11 is 0. The van der Waals surface area contributed by atoms with E-state index in [0.717, 1.165) is 11.5 Å². The van der Waals surface area contributed by atoms with E-state index in [2.05, 4.69) is 15.2 Å². The molecule has 0 fully saturated rings. The molecule has 0 aromatic carbocycles. The third-order valence-electron chi connectivity index (χ3n) is 2.65. The molecule has 6 nitrogen and oxygen atoms in total. The topological polar surface area (TPSA) is 77.5 Å². The fraction of sp³-hybridized carbons (Fsp3) is 0.385. The molecule has 6 heteroatoms. The van der Waals surface area contributed by atoms with Gasteiger partial charge in [0.05, 0.1) is 25.9 Å². The Bertz CT molecular complexity index is 571. The Morgan fingerprint density at radius 2 is 2.05 bits per heavy atom. The van der Waals surface area contributed by atoms with Gasteiger partial charge in [0.25, 0.3) is 0 Å². The average molecular weight is 264 g/mol. The van der Waals surface area contributed by atoms with Gasteiger partial charge in [0.2, 0.25) is 0 Å². The van der Waals surface area contributed by atoms with Crippen molar-refractivity contribution in [2.45, 2.75) is 26.9 Å². The van der Waals surface area contributed by atoms with Crippen LogP contribution in [0.5, 0.6) is 0 Å². The molecule has 0 saturated carbocycles. The first-order valence-corrected chi connectivity index (χ1v) is 5.90. The molecular formula is C13H16N2O4. The molecular weight excluding hydrogens is 248 g/mol. The number of ether oxygens (including phenoxy) is 1. The third-order valence-corrected chi connectivity index (χ3v) is 2.65. The summed E-state index contributed by atoms with van der Waals surface area (Å²) in [6.45, 7) is 4.65. The number of furan rings is 1. The Morgan fingerprint density at radius 1 is 1.32 bits per heavy atom. The summed E-state index contributed by atoms with van der Waals surface area (Å²) in [4.78, 5) is 11.4. The zero-order valence-electron chi connectivity index (χ0n) is 11.1. The van der Waals surface area contributed by atoms with Gasteiger partial charge in [-0.3, -0.25) is 0 Å². The molecule has 0 aliphatic rings. The van der Waals surface area contributed by atoms with E-state index in [-0.39, 0.29) is 0 Å². The predicted molar refractivity (Wildman–Crippen MR) is 66.6 cm³/mol. The second kappa shape index (κ2) is 5.71. The minimum Gasteiger partial charge on any atom is -0.465 e. The SMILES string of the molecule is COC(=O)c1cc(CNCc2cc(C)no2)oc1C. The summed E-state index contributed by atoms with van der Waals surface area (Å²) in [7, 11) is 1.35. The maximum Gasteiger partial charge on any atom is 0.341 e. The quantitative estimate of drug-likeness (QED) is 0.832. The molecule has 2 aromatic rings. The number of aryl methyl sites for hydroxylation is 2. The minimum atomic E-state index is -0.390. The smallest absolute Gasteiger partial charge is 0.341 e. The van der Waals surface area contributed by atoms with Crippen LogP contribution in [-0.4, -0.2) is 18.2 Å². The van der Waals surface area contributed by atoms with Gasteiger partial charge in [0.15, 0.2) is 5.76 Å². The van der Waals surface area contributed by atoms with Gasteiger partial charge in [-0.25, -0.2) is 4.79 Å². The van der Waals surface area contributed by atoms with Crippen molar-refractivity contribution in [2.24, 2.45) is 0 Å². The Morgan fingerprint density at radius 3 is 2.68 bits per heavy atom. The Labute approximate surface area is 110 Å². The number of nitrogens with one attached hydrogen (secondary N) is 1. The van der Waals surface area contributed by atoms with Gasteiger partial charge < -0.3 is 19.0 Å². The van der Waals surface area contributed by atoms with E-state index in [1.165, 1.54) is 7.11 Å². The van der Waals surface area contributed by atoms with E-state index in [0.29, 0.717) is 30.2 Å². The standard InChI is InChI=1S/C13H16N2O4/c1-8-4-11(19-15-8)7-14-6-10-5-12(9(2)18-10)13(16)17-3/h4-5,14H,6-7H2,1-3H3. The van der Waals surface area contributed by atoms with Gasteiger partial charge in [-0.2, -0.15) is 0 Å². The second-order valence-electron chi connectivity index (χ2n) is 4.21. The van der Waals surface area contributed by atoms with Crippen LogP contribution >= 0.6 is 0 Å². The first kappa shape index (κ1) is 13.4. The largest absolute Gasteiger partial charge is 0.465 e. The number of hydrogen-bond donors (Lipinski definition) is 1. The molecule has 0 aliphatic carbocycles. The first-order valence-electron chi connectivity index (χ1n) is 5.90. The second-order valence-corrected chi connectivity index (χ2v) is 4.21. The monoisotopic (exact) mass is 264 g/mol. The van der Waals surface area contributed by atoms with Crippen LogP contribution < -0.4 is 5.32 Å². The van der Waals surface area contributed by atoms with Crippen LogP contribution in [0, 0.1) is 13.8 Å². The Balaban J connectivity index is 1.91. The molecule has 0 spiro atoms. The van der Waals surface area contributed by atoms with Crippen molar-refractivity contribution in [3.63, 3.8) is 0 Å². The fourth-order valence-electron chi connectivity index (χ4n) is 1.75. The highest BCUT2D eigenvalue weighted by atomic mass is 16.5. The number of hydrogen-bond acceptors (Lipinski definition) is 6. The molecule has 2 rings (SSSR count). The number of aromatic nitrogens is 1. The van der Waals surface area contributed by atoms with E-state index in [1.807, 2.05) is 13.0 Å². The summed E-state index contributed by atoms with van der Waals surface area (Å²) in [6.07, 6.45) is 0. The molecule has 2 aromatic heterocycles. The molecule has 0 atom stereocenters. The molecule has 0 radical (unpaired) electrons. The highest BCUT2D eigenvalue weighted by Crippen LogP contribution is 2.15. The number of carbonyl (C=O) groups excluding carboxylic acids is 1. The van der Waals surface area contributed by atoms with Gasteiger partial charge in [0, 0.05) is 6.07 Å². The molecule has 0 unspecified atom stereocenters. The number of esters is 1. The summed E-state index contributed by atoms with van der Waals surface area (Å²) in [5, 5.41) is 6.94. The zero-order valence-corrected chi connectivity index (χ0v) is 11.1. The fourth-order valence-corrected chi connectivity index (χ4v) is 1.75. The first-order chi connectivity index (χ1) is 9.10. The molecule has 1 N–H and O–H groups in total. The van der Waals surface area contributed by atoms with Crippen molar-refractivity contribution in [3.05, 3.63) is 40.7 Å². The lowest BCUT2D eigenvalue weighted by Gasteiger charge is -1.98. The lowest BCUT2D eigenvalue weighted by molar-refractivity contribution is 0.0599. The number of rotatable bonds is 5. The molecule has 0 bridgehead atoms. The lowest BCUT2D eigenvalue weighted by atomic mass is 10.2. The van der Waals surface area contributed by atoms with Crippen LogP contribution in [0.4, 0.5) is 0 Å². The Kier molecular flexibility index (Phi) is 4.01. The highest BCUT2D eigenvalue weighted by molar-refractivity contribution is 5.90. The maximum atomic E-state index is 11.4. The number of methoxy groups -OCH3 is 1. The molecule has 19 heavy (non-hydrogen) atoms. The van der Waals surface area contributed by atoms with E-state index >= 15 is 0 Å². The molecule has 0 amide bonds. The summed E-state index contributed by atoms with van der Waals surface area (Å²) < 4.78 is 15.2. The number of carbonyl (C=O) groups is 1. The number of nitrogens with zero attached hydrogens (tertiary/aromatic N) is 1. The summed E-state index contributed by atoms with van der Waals surface area (Å²) in [5.74, 6) is 1.60. The van der Waals surface area contributed by atoms with Gasteiger partial charge in [-0.05, 0) is 19.9 Å². The van der Waals surface area contributed by atoms with E-state index in [1.54, 1.807) is 13.0 Å². The molecule has 0 saturated heterocycles. The highest BCUT2D eigenvalue weighted by Gasteiger charge is 2.15. The average Bonchev–Trinajstić information content (AvgIpc) is 2.95. The van der Waals surface area contributed by atoms with Crippen LogP contribution in [0.3, 0.4) is 0 Å². The van der Waals surface area contributed by atoms with Crippen LogP contribution in [-0.2, 0) is 17.8 Å². The molecule has 102 valence electrons. The van der Waals surface area contributed by atoms with Gasteiger partial charge in [-0.15, -0.1) is 0 Å². The lowest BCUT2D eigenvalue weighted by Crippen LogP contribution is -2.11. The van der Waals surface area contributed by atoms with Crippen LogP contribution in [0.25, 0.3) is 0 Å². The van der Waals surface area contributed by atoms with Gasteiger partial charge in [0.1, 0.15) is 17.1 Å². The Hall–Kier alpha value is -2.08. The maximum absolute atomic E-state index is 11.4. The van der Waals surface area contributed by atoms with E-state index < -0.39 is 5.97 Å². The summed E-state index contributed by atoms with van der Waals surface area (Å²) in [5.41, 5.74) is 1.30. The van der Waals surface area contributed by atoms with Crippen molar-refractivity contribution in [3.8, 4) is 0 Å². The minimum absolute atomic E-state index is 0.390. The molecule has 0 aliphatic heterocycles. The van der Waals surface area contributed by atoms with Crippen LogP contribution in [0.15, 0.2) is 21.1 Å². The van der Waals surface area contributed by atoms with Crippen molar-refractivity contribution in [1.82, 2.24) is 10.5 Å². The third kappa shape index (κ3) is 3.23. The van der Waals surface area contributed by atoms with Gasteiger partial charge >= 0.3 is 5.97 Å². The zero-order chi connectivity index (χ0) is 13.8. The van der Waals surface area contributed by atoms with Crippen molar-refractivity contribution < 1.29 is 18.5 Å². The molecule has 2 heterocycles. The van der Waals surface area contributed by atoms with Crippen molar-refractivity contribution >= 4 is 5.97 Å². The van der Waals surface area contributed by atoms with E-state index in [9.17, 15) is 4.79 Å². The van der Waals surface area contributed by atoms with Crippen LogP contribution in [0.1, 0.15) is 33.3 Å². The summed E-state index contributed by atoms with van der Waals surface area (Å²) in [6, 6.07) is 3.54. The van der Waals surface area contributed by atoms with Gasteiger partial charge in [-0.1, -0.05) is 5.16 Å². The normalized spacial score (nSPS) is 10.7. The van der Waals surface area contributed by atoms with Crippen LogP contribution in [0.2, 0.25) is 0 Å². The van der Waals surface area contributed by atoms with Crippen molar-refractivity contribution in [1.29, 1.82) is 0 Å². The van der Waals surface area contributed by atoms with Crippen molar-refractivity contribution in [2.75, 3.05) is 7.11 Å². The van der Waals surface area contributed by atoms with E-state index in [4.69, 9.17) is 8.94 Å². The predicted octanol–water partition coefficient (Wildman–Crippen LogP) is 1.96.